The van der Waals surface area contributed by atoms with Crippen LogP contribution in [0.25, 0.3) is 0 Å². The average molecular weight is 244 g/mol. The molecule has 17 heavy (non-hydrogen) atoms. The van der Waals surface area contributed by atoms with Gasteiger partial charge in [0.15, 0.2) is 0 Å². The predicted molar refractivity (Wildman–Crippen MR) is 65.7 cm³/mol. The lowest BCUT2D eigenvalue weighted by Crippen LogP contribution is -2.42. The van der Waals surface area contributed by atoms with E-state index >= 15 is 0 Å². The molecule has 0 aliphatic carbocycles. The van der Waals surface area contributed by atoms with Crippen molar-refractivity contribution >= 4 is 5.97 Å². The topological polar surface area (TPSA) is 64.8 Å². The van der Waals surface area contributed by atoms with Crippen LogP contribution in [0.15, 0.2) is 0 Å². The van der Waals surface area contributed by atoms with Crippen molar-refractivity contribution in [3.05, 3.63) is 0 Å². The summed E-state index contributed by atoms with van der Waals surface area (Å²) in [5.41, 5.74) is 5.34. The lowest BCUT2D eigenvalue weighted by Gasteiger charge is -2.28. The molecule has 100 valence electrons. The number of carbonyl (C=O) groups excluding carboxylic acids is 1. The number of nitrogens with two attached hydrogens (primary N) is 1. The second-order valence-electron chi connectivity index (χ2n) is 5.38. The number of carbonyl (C=O) groups is 1. The summed E-state index contributed by atoms with van der Waals surface area (Å²) in [6.07, 6.45) is 0.634. The van der Waals surface area contributed by atoms with Crippen LogP contribution < -0.4 is 5.73 Å². The maximum atomic E-state index is 11.6. The fourth-order valence-corrected chi connectivity index (χ4v) is 1.64. The van der Waals surface area contributed by atoms with Crippen molar-refractivity contribution in [2.45, 2.75) is 38.8 Å². The number of ether oxygens (including phenoxy) is 2. The molecule has 1 heterocycles. The highest BCUT2D eigenvalue weighted by Crippen LogP contribution is 2.09. The van der Waals surface area contributed by atoms with Crippen LogP contribution in [0.1, 0.15) is 27.2 Å². The van der Waals surface area contributed by atoms with Gasteiger partial charge in [0.25, 0.3) is 0 Å². The Balaban J connectivity index is 2.23. The van der Waals surface area contributed by atoms with Gasteiger partial charge in [-0.2, -0.15) is 0 Å². The van der Waals surface area contributed by atoms with Crippen molar-refractivity contribution in [2.75, 3.05) is 32.8 Å². The minimum Gasteiger partial charge on any atom is -0.459 e. The van der Waals surface area contributed by atoms with Gasteiger partial charge in [0.1, 0.15) is 11.6 Å². The van der Waals surface area contributed by atoms with Crippen LogP contribution in [0.4, 0.5) is 0 Å². The van der Waals surface area contributed by atoms with Gasteiger partial charge in [-0.15, -0.1) is 0 Å². The van der Waals surface area contributed by atoms with Gasteiger partial charge in [-0.05, 0) is 27.2 Å². The molecule has 1 unspecified atom stereocenters. The highest BCUT2D eigenvalue weighted by Gasteiger charge is 2.22. The Labute approximate surface area is 103 Å². The monoisotopic (exact) mass is 244 g/mol. The maximum absolute atomic E-state index is 11.6. The first-order valence-corrected chi connectivity index (χ1v) is 6.17. The summed E-state index contributed by atoms with van der Waals surface area (Å²) in [6.45, 7) is 9.73. The van der Waals surface area contributed by atoms with E-state index in [-0.39, 0.29) is 5.97 Å². The number of hydrogen-bond acceptors (Lipinski definition) is 5. The summed E-state index contributed by atoms with van der Waals surface area (Å²) in [4.78, 5) is 13.9. The minimum atomic E-state index is -0.530. The number of esters is 1. The zero-order chi connectivity index (χ0) is 12.9. The van der Waals surface area contributed by atoms with Crippen LogP contribution >= 0.6 is 0 Å². The van der Waals surface area contributed by atoms with Crippen molar-refractivity contribution in [3.63, 3.8) is 0 Å². The van der Waals surface area contributed by atoms with E-state index in [1.807, 2.05) is 20.8 Å². The smallest absolute Gasteiger partial charge is 0.323 e. The summed E-state index contributed by atoms with van der Waals surface area (Å²) < 4.78 is 10.5. The summed E-state index contributed by atoms with van der Waals surface area (Å²) in [5.74, 6) is -0.314. The molecule has 1 rings (SSSR count). The molecule has 0 amide bonds. The lowest BCUT2D eigenvalue weighted by atomic mass is 10.1. The summed E-state index contributed by atoms with van der Waals surface area (Å²) in [6, 6.07) is -0.530. The molecule has 0 radical (unpaired) electrons. The highest BCUT2D eigenvalue weighted by atomic mass is 16.6. The standard InChI is InChI=1S/C12H24N2O3/c1-12(2,3)17-11(15)10(13)4-5-14-6-8-16-9-7-14/h10H,4-9,13H2,1-3H3. The molecule has 1 atom stereocenters. The summed E-state index contributed by atoms with van der Waals surface area (Å²) in [7, 11) is 0. The Morgan fingerprint density at radius 3 is 2.53 bits per heavy atom. The third-order valence-corrected chi connectivity index (χ3v) is 2.57. The molecule has 5 nitrogen and oxygen atoms in total. The quantitative estimate of drug-likeness (QED) is 0.724. The highest BCUT2D eigenvalue weighted by molar-refractivity contribution is 5.75. The van der Waals surface area contributed by atoms with Gasteiger partial charge in [-0.25, -0.2) is 0 Å². The van der Waals surface area contributed by atoms with Gasteiger partial charge in [0.05, 0.1) is 13.2 Å². The van der Waals surface area contributed by atoms with Gasteiger partial charge in [-0.1, -0.05) is 0 Å². The Morgan fingerprint density at radius 2 is 2.00 bits per heavy atom. The van der Waals surface area contributed by atoms with Crippen LogP contribution in [0.5, 0.6) is 0 Å². The molecule has 1 fully saturated rings. The number of morpholine rings is 1. The largest absolute Gasteiger partial charge is 0.459 e. The number of nitrogens with zero attached hydrogens (tertiary/aromatic N) is 1. The van der Waals surface area contributed by atoms with E-state index < -0.39 is 11.6 Å². The lowest BCUT2D eigenvalue weighted by molar-refractivity contribution is -0.156. The van der Waals surface area contributed by atoms with Gasteiger partial charge in [-0.3, -0.25) is 9.69 Å². The fraction of sp³-hybridized carbons (Fsp3) is 0.917. The van der Waals surface area contributed by atoms with E-state index in [1.54, 1.807) is 0 Å². The average Bonchev–Trinajstić information content (AvgIpc) is 2.25. The zero-order valence-corrected chi connectivity index (χ0v) is 11.1. The Hall–Kier alpha value is -0.650. The Morgan fingerprint density at radius 1 is 1.41 bits per heavy atom. The molecule has 0 spiro atoms. The first kappa shape index (κ1) is 14.4. The molecule has 5 heteroatoms. The van der Waals surface area contributed by atoms with Crippen molar-refractivity contribution in [1.29, 1.82) is 0 Å². The van der Waals surface area contributed by atoms with E-state index in [2.05, 4.69) is 4.90 Å². The normalized spacial score (nSPS) is 20.0. The molecular formula is C12H24N2O3. The zero-order valence-electron chi connectivity index (χ0n) is 11.1. The third kappa shape index (κ3) is 6.00. The first-order chi connectivity index (χ1) is 7.88. The van der Waals surface area contributed by atoms with Crippen molar-refractivity contribution in [2.24, 2.45) is 5.73 Å². The Bertz CT molecular complexity index is 245. The first-order valence-electron chi connectivity index (χ1n) is 6.17. The van der Waals surface area contributed by atoms with Crippen molar-refractivity contribution in [1.82, 2.24) is 4.90 Å². The van der Waals surface area contributed by atoms with Crippen LogP contribution in [0.2, 0.25) is 0 Å². The molecule has 2 N–H and O–H groups in total. The van der Waals surface area contributed by atoms with E-state index in [4.69, 9.17) is 15.2 Å². The second-order valence-corrected chi connectivity index (χ2v) is 5.38. The molecule has 0 saturated carbocycles. The van der Waals surface area contributed by atoms with Gasteiger partial charge >= 0.3 is 5.97 Å². The van der Waals surface area contributed by atoms with Crippen LogP contribution in [0, 0.1) is 0 Å². The molecule has 1 aliphatic rings. The second kappa shape index (κ2) is 6.33. The van der Waals surface area contributed by atoms with Gasteiger partial charge < -0.3 is 15.2 Å². The molecule has 1 saturated heterocycles. The van der Waals surface area contributed by atoms with Crippen LogP contribution in [0.3, 0.4) is 0 Å². The van der Waals surface area contributed by atoms with Crippen molar-refractivity contribution in [3.8, 4) is 0 Å². The maximum Gasteiger partial charge on any atom is 0.323 e. The van der Waals surface area contributed by atoms with E-state index in [0.717, 1.165) is 32.8 Å². The molecule has 0 aromatic heterocycles. The van der Waals surface area contributed by atoms with E-state index in [9.17, 15) is 4.79 Å². The van der Waals surface area contributed by atoms with Crippen molar-refractivity contribution < 1.29 is 14.3 Å². The summed E-state index contributed by atoms with van der Waals surface area (Å²) in [5, 5.41) is 0. The predicted octanol–water partition coefficient (Wildman–Crippen LogP) is 0.378. The Kier molecular flexibility index (Phi) is 5.36. The SMILES string of the molecule is CC(C)(C)OC(=O)C(N)CCN1CCOCC1. The van der Waals surface area contributed by atoms with E-state index in [1.165, 1.54) is 0 Å². The molecule has 1 aliphatic heterocycles. The van der Waals surface area contributed by atoms with Crippen LogP contribution in [-0.4, -0.2) is 55.4 Å². The fourth-order valence-electron chi connectivity index (χ4n) is 1.64. The van der Waals surface area contributed by atoms with Gasteiger partial charge in [0.2, 0.25) is 0 Å². The molecule has 0 aromatic carbocycles. The number of hydrogen-bond donors (Lipinski definition) is 1. The number of rotatable bonds is 4. The van der Waals surface area contributed by atoms with Crippen LogP contribution in [-0.2, 0) is 14.3 Å². The summed E-state index contributed by atoms with van der Waals surface area (Å²) >= 11 is 0. The minimum absolute atomic E-state index is 0.314. The third-order valence-electron chi connectivity index (χ3n) is 2.57. The molecule has 0 aromatic rings. The molecule has 0 bridgehead atoms. The van der Waals surface area contributed by atoms with Gasteiger partial charge in [0, 0.05) is 19.6 Å². The van der Waals surface area contributed by atoms with E-state index in [0.29, 0.717) is 6.42 Å². The molecular weight excluding hydrogens is 220 g/mol.